The molecule has 136 valence electrons. The highest BCUT2D eigenvalue weighted by Crippen LogP contribution is 2.22. The molecule has 0 saturated heterocycles. The lowest BCUT2D eigenvalue weighted by Gasteiger charge is -2.19. The van der Waals surface area contributed by atoms with E-state index in [4.69, 9.17) is 9.15 Å². The SMILES string of the molecule is CCNC(=NCC(C)(O)c1ccc(C)o1)NCCCC(=O)OCC. The summed E-state index contributed by atoms with van der Waals surface area (Å²) in [6.07, 6.45) is 1.01. The van der Waals surface area contributed by atoms with Crippen LogP contribution in [0, 0.1) is 6.92 Å². The normalized spacial score (nSPS) is 14.1. The van der Waals surface area contributed by atoms with Crippen molar-refractivity contribution in [1.82, 2.24) is 10.6 Å². The second-order valence-electron chi connectivity index (χ2n) is 5.71. The number of carbonyl (C=O) groups excluding carboxylic acids is 1. The van der Waals surface area contributed by atoms with Gasteiger partial charge in [0.15, 0.2) is 5.96 Å². The van der Waals surface area contributed by atoms with Gasteiger partial charge in [-0.05, 0) is 46.2 Å². The van der Waals surface area contributed by atoms with Crippen LogP contribution in [0.25, 0.3) is 0 Å². The van der Waals surface area contributed by atoms with Crippen molar-refractivity contribution in [1.29, 1.82) is 0 Å². The smallest absolute Gasteiger partial charge is 0.305 e. The van der Waals surface area contributed by atoms with Crippen LogP contribution in [-0.4, -0.2) is 43.3 Å². The Bertz CT molecular complexity index is 538. The molecule has 1 rings (SSSR count). The topological polar surface area (TPSA) is 96.1 Å². The molecule has 1 unspecified atom stereocenters. The molecule has 0 aliphatic carbocycles. The summed E-state index contributed by atoms with van der Waals surface area (Å²) in [5.41, 5.74) is -1.18. The molecule has 24 heavy (non-hydrogen) atoms. The van der Waals surface area contributed by atoms with Gasteiger partial charge in [-0.3, -0.25) is 4.79 Å². The Labute approximate surface area is 143 Å². The van der Waals surface area contributed by atoms with Crippen molar-refractivity contribution in [2.45, 2.75) is 46.1 Å². The molecule has 0 saturated carbocycles. The number of furan rings is 1. The van der Waals surface area contributed by atoms with Crippen LogP contribution in [0.3, 0.4) is 0 Å². The van der Waals surface area contributed by atoms with E-state index in [0.717, 1.165) is 5.76 Å². The summed E-state index contributed by atoms with van der Waals surface area (Å²) in [5, 5.41) is 16.7. The number of aliphatic imine (C=N–C) groups is 1. The zero-order valence-corrected chi connectivity index (χ0v) is 15.0. The molecule has 0 radical (unpaired) electrons. The molecule has 0 aliphatic heterocycles. The lowest BCUT2D eigenvalue weighted by molar-refractivity contribution is -0.143. The number of nitrogens with zero attached hydrogens (tertiary/aromatic N) is 1. The quantitative estimate of drug-likeness (QED) is 0.274. The average Bonchev–Trinajstić information content (AvgIpc) is 2.97. The molecule has 1 heterocycles. The molecule has 1 aromatic heterocycles. The van der Waals surface area contributed by atoms with Crippen molar-refractivity contribution < 1.29 is 19.1 Å². The molecule has 0 fully saturated rings. The van der Waals surface area contributed by atoms with Crippen molar-refractivity contribution >= 4 is 11.9 Å². The number of rotatable bonds is 9. The van der Waals surface area contributed by atoms with Gasteiger partial charge in [-0.1, -0.05) is 0 Å². The van der Waals surface area contributed by atoms with Gasteiger partial charge in [0.2, 0.25) is 0 Å². The number of carbonyl (C=O) groups is 1. The zero-order chi connectivity index (χ0) is 18.0. The van der Waals surface area contributed by atoms with Crippen molar-refractivity contribution in [2.75, 3.05) is 26.2 Å². The first-order valence-corrected chi connectivity index (χ1v) is 8.36. The lowest BCUT2D eigenvalue weighted by atomic mass is 10.0. The van der Waals surface area contributed by atoms with E-state index < -0.39 is 5.60 Å². The van der Waals surface area contributed by atoms with E-state index in [1.54, 1.807) is 19.9 Å². The van der Waals surface area contributed by atoms with Gasteiger partial charge >= 0.3 is 5.97 Å². The van der Waals surface area contributed by atoms with Gasteiger partial charge in [0.25, 0.3) is 0 Å². The summed E-state index contributed by atoms with van der Waals surface area (Å²) in [6.45, 7) is 9.10. The molecule has 0 aliphatic rings. The monoisotopic (exact) mass is 339 g/mol. The van der Waals surface area contributed by atoms with Crippen LogP contribution >= 0.6 is 0 Å². The third-order valence-corrected chi connectivity index (χ3v) is 3.32. The molecule has 1 atom stereocenters. The highest BCUT2D eigenvalue weighted by Gasteiger charge is 2.26. The summed E-state index contributed by atoms with van der Waals surface area (Å²) in [5.74, 6) is 1.63. The summed E-state index contributed by atoms with van der Waals surface area (Å²) in [4.78, 5) is 15.7. The third-order valence-electron chi connectivity index (χ3n) is 3.32. The largest absolute Gasteiger partial charge is 0.466 e. The summed E-state index contributed by atoms with van der Waals surface area (Å²) in [6, 6.07) is 3.57. The standard InChI is InChI=1S/C17H29N3O4/c1-5-18-16(19-11-7-8-15(21)23-6-2)20-12-17(4,22)14-10-9-13(3)24-14/h9-10,22H,5-8,11-12H2,1-4H3,(H2,18,19,20). The molecule has 1 aromatic rings. The van der Waals surface area contributed by atoms with Gasteiger partial charge in [-0.2, -0.15) is 0 Å². The molecular weight excluding hydrogens is 310 g/mol. The van der Waals surface area contributed by atoms with Gasteiger partial charge < -0.3 is 24.9 Å². The molecule has 7 nitrogen and oxygen atoms in total. The first-order chi connectivity index (χ1) is 11.4. The molecule has 0 amide bonds. The molecule has 0 spiro atoms. The fourth-order valence-electron chi connectivity index (χ4n) is 2.05. The number of hydrogen-bond donors (Lipinski definition) is 3. The Morgan fingerprint density at radius 1 is 1.38 bits per heavy atom. The van der Waals surface area contributed by atoms with E-state index >= 15 is 0 Å². The summed E-state index contributed by atoms with van der Waals surface area (Å²) in [7, 11) is 0. The predicted molar refractivity (Wildman–Crippen MR) is 92.9 cm³/mol. The minimum atomic E-state index is -1.18. The second-order valence-corrected chi connectivity index (χ2v) is 5.71. The van der Waals surface area contributed by atoms with Crippen LogP contribution in [0.2, 0.25) is 0 Å². The van der Waals surface area contributed by atoms with Crippen LogP contribution in [0.1, 0.15) is 45.1 Å². The molecule has 7 heteroatoms. The predicted octanol–water partition coefficient (Wildman–Crippen LogP) is 1.69. The van der Waals surface area contributed by atoms with E-state index in [0.29, 0.717) is 44.3 Å². The van der Waals surface area contributed by atoms with E-state index in [1.165, 1.54) is 0 Å². The Balaban J connectivity index is 2.51. The fraction of sp³-hybridized carbons (Fsp3) is 0.647. The van der Waals surface area contributed by atoms with E-state index in [1.807, 2.05) is 19.9 Å². The first kappa shape index (κ1) is 20.0. The fourth-order valence-corrected chi connectivity index (χ4v) is 2.05. The van der Waals surface area contributed by atoms with Crippen molar-refractivity contribution in [3.8, 4) is 0 Å². The van der Waals surface area contributed by atoms with Crippen LogP contribution in [0.4, 0.5) is 0 Å². The highest BCUT2D eigenvalue weighted by molar-refractivity contribution is 5.79. The summed E-state index contributed by atoms with van der Waals surface area (Å²) >= 11 is 0. The average molecular weight is 339 g/mol. The van der Waals surface area contributed by atoms with Crippen molar-refractivity contribution in [3.05, 3.63) is 23.7 Å². The molecule has 0 bridgehead atoms. The zero-order valence-electron chi connectivity index (χ0n) is 15.0. The number of aliphatic hydroxyl groups is 1. The van der Waals surface area contributed by atoms with Crippen LogP contribution in [-0.2, 0) is 15.1 Å². The minimum absolute atomic E-state index is 0.160. The maximum absolute atomic E-state index is 11.3. The van der Waals surface area contributed by atoms with Crippen molar-refractivity contribution in [2.24, 2.45) is 4.99 Å². The van der Waals surface area contributed by atoms with Gasteiger partial charge in [0.1, 0.15) is 17.1 Å². The Hall–Kier alpha value is -2.02. The third kappa shape index (κ3) is 7.04. The maximum Gasteiger partial charge on any atom is 0.305 e. The Kier molecular flexibility index (Phi) is 8.32. The van der Waals surface area contributed by atoms with Gasteiger partial charge in [0, 0.05) is 19.5 Å². The number of nitrogens with one attached hydrogen (secondary N) is 2. The van der Waals surface area contributed by atoms with E-state index in [-0.39, 0.29) is 12.5 Å². The molecule has 3 N–H and O–H groups in total. The number of esters is 1. The number of hydrogen-bond acceptors (Lipinski definition) is 5. The van der Waals surface area contributed by atoms with Gasteiger partial charge in [-0.15, -0.1) is 0 Å². The Morgan fingerprint density at radius 2 is 2.12 bits per heavy atom. The number of aryl methyl sites for hydroxylation is 1. The molecule has 0 aromatic carbocycles. The first-order valence-electron chi connectivity index (χ1n) is 8.36. The summed E-state index contributed by atoms with van der Waals surface area (Å²) < 4.78 is 10.4. The van der Waals surface area contributed by atoms with Gasteiger partial charge in [0.05, 0.1) is 13.2 Å². The lowest BCUT2D eigenvalue weighted by Crippen LogP contribution is -2.39. The second kappa shape index (κ2) is 9.97. The number of guanidine groups is 1. The highest BCUT2D eigenvalue weighted by atomic mass is 16.5. The molecular formula is C17H29N3O4. The van der Waals surface area contributed by atoms with Crippen molar-refractivity contribution in [3.63, 3.8) is 0 Å². The Morgan fingerprint density at radius 3 is 2.71 bits per heavy atom. The maximum atomic E-state index is 11.3. The van der Waals surface area contributed by atoms with Crippen LogP contribution in [0.15, 0.2) is 21.5 Å². The van der Waals surface area contributed by atoms with Crippen LogP contribution < -0.4 is 10.6 Å². The van der Waals surface area contributed by atoms with Gasteiger partial charge in [-0.25, -0.2) is 4.99 Å². The number of ether oxygens (including phenoxy) is 1. The minimum Gasteiger partial charge on any atom is -0.466 e. The van der Waals surface area contributed by atoms with Crippen LogP contribution in [0.5, 0.6) is 0 Å². The van der Waals surface area contributed by atoms with E-state index in [2.05, 4.69) is 15.6 Å². The van der Waals surface area contributed by atoms with E-state index in [9.17, 15) is 9.90 Å².